The number of amides is 2. The molecule has 130 valence electrons. The molecular weight excluding hydrogens is 376 g/mol. The number of nitrogens with one attached hydrogen (secondary N) is 2. The highest BCUT2D eigenvalue weighted by Gasteiger charge is 2.13. The maximum Gasteiger partial charge on any atom is 0.315 e. The van der Waals surface area contributed by atoms with Crippen LogP contribution in [-0.4, -0.2) is 17.7 Å². The molecule has 0 radical (unpaired) electrons. The van der Waals surface area contributed by atoms with Crippen LogP contribution in [0.3, 0.4) is 0 Å². The van der Waals surface area contributed by atoms with E-state index < -0.39 is 6.10 Å². The molecule has 3 rings (SSSR count). The van der Waals surface area contributed by atoms with Crippen LogP contribution in [0.25, 0.3) is 9.75 Å². The van der Waals surface area contributed by atoms with Crippen molar-refractivity contribution in [2.75, 3.05) is 6.54 Å². The van der Waals surface area contributed by atoms with Crippen LogP contribution in [0, 0.1) is 0 Å². The number of halogens is 1. The van der Waals surface area contributed by atoms with Crippen LogP contribution >= 0.6 is 34.3 Å². The molecule has 0 aliphatic heterocycles. The van der Waals surface area contributed by atoms with Crippen molar-refractivity contribution in [3.05, 3.63) is 69.4 Å². The first-order valence-electron chi connectivity index (χ1n) is 7.69. The fourth-order valence-corrected chi connectivity index (χ4v) is 4.17. The maximum atomic E-state index is 11.9. The van der Waals surface area contributed by atoms with Crippen LogP contribution in [-0.2, 0) is 6.54 Å². The first-order chi connectivity index (χ1) is 12.1. The van der Waals surface area contributed by atoms with E-state index in [4.69, 9.17) is 11.6 Å². The van der Waals surface area contributed by atoms with E-state index in [2.05, 4.69) is 16.7 Å². The van der Waals surface area contributed by atoms with Gasteiger partial charge in [-0.2, -0.15) is 0 Å². The van der Waals surface area contributed by atoms with Crippen molar-refractivity contribution in [2.24, 2.45) is 0 Å². The molecule has 2 amide bonds. The molecule has 0 aliphatic rings. The van der Waals surface area contributed by atoms with Crippen LogP contribution < -0.4 is 10.6 Å². The van der Waals surface area contributed by atoms with Crippen molar-refractivity contribution in [1.82, 2.24) is 10.6 Å². The van der Waals surface area contributed by atoms with Crippen molar-refractivity contribution in [3.63, 3.8) is 0 Å². The summed E-state index contributed by atoms with van der Waals surface area (Å²) in [5.74, 6) is 0. The van der Waals surface area contributed by atoms with Gasteiger partial charge in [-0.15, -0.1) is 22.7 Å². The highest BCUT2D eigenvalue weighted by Crippen LogP contribution is 2.33. The number of aliphatic hydroxyl groups excluding tert-OH is 1. The number of urea groups is 1. The van der Waals surface area contributed by atoms with Gasteiger partial charge in [-0.05, 0) is 41.3 Å². The zero-order valence-corrected chi connectivity index (χ0v) is 15.6. The lowest BCUT2D eigenvalue weighted by Gasteiger charge is -2.11. The SMILES string of the molecule is O=C(NCc1ccc(Cl)cc1)NC[C@@H](O)c1ccc(-c2cccs2)s1. The zero-order chi connectivity index (χ0) is 17.6. The average Bonchev–Trinajstić information content (AvgIpc) is 3.30. The Balaban J connectivity index is 1.46. The number of aliphatic hydroxyl groups is 1. The fourth-order valence-electron chi connectivity index (χ4n) is 2.22. The predicted molar refractivity (Wildman–Crippen MR) is 104 cm³/mol. The topological polar surface area (TPSA) is 61.4 Å². The molecule has 1 atom stereocenters. The van der Waals surface area contributed by atoms with Crippen molar-refractivity contribution in [1.29, 1.82) is 0 Å². The fraction of sp³-hybridized carbons (Fsp3) is 0.167. The van der Waals surface area contributed by atoms with Crippen LogP contribution in [0.15, 0.2) is 53.9 Å². The largest absolute Gasteiger partial charge is 0.386 e. The number of carbonyl (C=O) groups is 1. The van der Waals surface area contributed by atoms with Gasteiger partial charge < -0.3 is 15.7 Å². The summed E-state index contributed by atoms with van der Waals surface area (Å²) in [6, 6.07) is 14.9. The van der Waals surface area contributed by atoms with Crippen LogP contribution in [0.1, 0.15) is 16.5 Å². The molecule has 2 heterocycles. The van der Waals surface area contributed by atoms with Gasteiger partial charge in [0.25, 0.3) is 0 Å². The van der Waals surface area contributed by atoms with E-state index in [1.807, 2.05) is 35.7 Å². The molecule has 0 bridgehead atoms. The van der Waals surface area contributed by atoms with Crippen LogP contribution in [0.4, 0.5) is 4.79 Å². The molecular formula is C18H17ClN2O2S2. The smallest absolute Gasteiger partial charge is 0.315 e. The molecule has 1 aromatic carbocycles. The number of hydrogen-bond acceptors (Lipinski definition) is 4. The Hall–Kier alpha value is -1.86. The summed E-state index contributed by atoms with van der Waals surface area (Å²) >= 11 is 9.03. The second-order valence-electron chi connectivity index (χ2n) is 5.39. The van der Waals surface area contributed by atoms with Gasteiger partial charge in [0.2, 0.25) is 0 Å². The van der Waals surface area contributed by atoms with Gasteiger partial charge in [0.05, 0.1) is 6.54 Å². The molecule has 7 heteroatoms. The second kappa shape index (κ2) is 8.49. The normalized spacial score (nSPS) is 11.9. The molecule has 0 unspecified atom stereocenters. The van der Waals surface area contributed by atoms with Gasteiger partial charge in [-0.1, -0.05) is 29.8 Å². The quantitative estimate of drug-likeness (QED) is 0.571. The summed E-state index contributed by atoms with van der Waals surface area (Å²) in [6.45, 7) is 0.567. The molecule has 0 saturated carbocycles. The van der Waals surface area contributed by atoms with Gasteiger partial charge in [0.15, 0.2) is 0 Å². The summed E-state index contributed by atoms with van der Waals surface area (Å²) in [6.07, 6.45) is -0.722. The van der Waals surface area contributed by atoms with Crippen LogP contribution in [0.5, 0.6) is 0 Å². The second-order valence-corrected chi connectivity index (χ2v) is 7.88. The molecule has 0 fully saturated rings. The highest BCUT2D eigenvalue weighted by molar-refractivity contribution is 7.21. The lowest BCUT2D eigenvalue weighted by Crippen LogP contribution is -2.37. The summed E-state index contributed by atoms with van der Waals surface area (Å²) in [4.78, 5) is 15.0. The third-order valence-corrected chi connectivity index (χ3v) is 6.05. The number of benzene rings is 1. The van der Waals surface area contributed by atoms with Gasteiger partial charge in [0.1, 0.15) is 6.10 Å². The van der Waals surface area contributed by atoms with E-state index in [0.29, 0.717) is 11.6 Å². The van der Waals surface area contributed by atoms with Crippen molar-refractivity contribution in [3.8, 4) is 9.75 Å². The maximum absolute atomic E-state index is 11.9. The van der Waals surface area contributed by atoms with E-state index >= 15 is 0 Å². The number of carbonyl (C=O) groups excluding carboxylic acids is 1. The van der Waals surface area contributed by atoms with E-state index in [-0.39, 0.29) is 12.6 Å². The Kier molecular flexibility index (Phi) is 6.09. The molecule has 0 spiro atoms. The van der Waals surface area contributed by atoms with E-state index in [1.54, 1.807) is 23.5 Å². The minimum absolute atomic E-state index is 0.164. The Bertz CT molecular complexity index is 816. The molecule has 4 nitrogen and oxygen atoms in total. The summed E-state index contributed by atoms with van der Waals surface area (Å²) in [5.41, 5.74) is 0.957. The molecule has 3 N–H and O–H groups in total. The van der Waals surface area contributed by atoms with Gasteiger partial charge in [-0.3, -0.25) is 0 Å². The Labute approximate surface area is 159 Å². The van der Waals surface area contributed by atoms with Gasteiger partial charge in [-0.25, -0.2) is 4.79 Å². The first-order valence-corrected chi connectivity index (χ1v) is 9.77. The summed E-state index contributed by atoms with van der Waals surface area (Å²) < 4.78 is 0. The summed E-state index contributed by atoms with van der Waals surface area (Å²) in [7, 11) is 0. The van der Waals surface area contributed by atoms with Crippen molar-refractivity contribution >= 4 is 40.3 Å². The Morgan fingerprint density at radius 3 is 2.60 bits per heavy atom. The molecule has 25 heavy (non-hydrogen) atoms. The van der Waals surface area contributed by atoms with E-state index in [0.717, 1.165) is 15.3 Å². The molecule has 0 saturated heterocycles. The average molecular weight is 393 g/mol. The zero-order valence-electron chi connectivity index (χ0n) is 13.2. The first kappa shape index (κ1) is 17.9. The lowest BCUT2D eigenvalue weighted by molar-refractivity contribution is 0.176. The predicted octanol–water partition coefficient (Wildman–Crippen LogP) is 4.66. The number of rotatable bonds is 6. The Morgan fingerprint density at radius 1 is 1.08 bits per heavy atom. The lowest BCUT2D eigenvalue weighted by atomic mass is 10.2. The van der Waals surface area contributed by atoms with Gasteiger partial charge in [0, 0.05) is 26.2 Å². The standard InChI is InChI=1S/C18H17ClN2O2S2/c19-13-5-3-12(4-6-13)10-20-18(23)21-11-14(22)15-7-8-17(25-15)16-2-1-9-24-16/h1-9,14,22H,10-11H2,(H2,20,21,23)/t14-/m1/s1. The molecule has 3 aromatic rings. The third-order valence-electron chi connectivity index (χ3n) is 3.54. The Morgan fingerprint density at radius 2 is 1.88 bits per heavy atom. The van der Waals surface area contributed by atoms with Crippen molar-refractivity contribution < 1.29 is 9.90 Å². The monoisotopic (exact) mass is 392 g/mol. The van der Waals surface area contributed by atoms with E-state index in [9.17, 15) is 9.90 Å². The molecule has 2 aromatic heterocycles. The van der Waals surface area contributed by atoms with E-state index in [1.165, 1.54) is 16.2 Å². The van der Waals surface area contributed by atoms with Crippen molar-refractivity contribution in [2.45, 2.75) is 12.6 Å². The van der Waals surface area contributed by atoms with Crippen LogP contribution in [0.2, 0.25) is 5.02 Å². The summed E-state index contributed by atoms with van der Waals surface area (Å²) in [5, 5.41) is 18.4. The number of thiophene rings is 2. The minimum atomic E-state index is -0.722. The minimum Gasteiger partial charge on any atom is -0.386 e. The molecule has 0 aliphatic carbocycles. The number of hydrogen-bond donors (Lipinski definition) is 3. The third kappa shape index (κ3) is 5.06. The highest BCUT2D eigenvalue weighted by atomic mass is 35.5. The van der Waals surface area contributed by atoms with Gasteiger partial charge >= 0.3 is 6.03 Å².